The summed E-state index contributed by atoms with van der Waals surface area (Å²) in [4.78, 5) is 0. The van der Waals surface area contributed by atoms with E-state index in [2.05, 4.69) is 30.9 Å². The molecule has 1 aromatic carbocycles. The molecule has 0 bridgehead atoms. The summed E-state index contributed by atoms with van der Waals surface area (Å²) in [6.07, 6.45) is 2.85. The topological polar surface area (TPSA) is 20.2 Å². The molecule has 1 nitrogen and oxygen atoms in total. The number of aliphatic hydroxyl groups excluding tert-OH is 1. The third-order valence-corrected chi connectivity index (χ3v) is 2.90. The van der Waals surface area contributed by atoms with Gasteiger partial charge in [-0.2, -0.15) is 0 Å². The minimum atomic E-state index is -0.206. The van der Waals surface area contributed by atoms with Gasteiger partial charge < -0.3 is 5.11 Å². The molecule has 0 unspecified atom stereocenters. The maximum atomic E-state index is 9.62. The maximum absolute atomic E-state index is 9.62. The zero-order chi connectivity index (χ0) is 10.7. The molecular formula is C14H16O. The van der Waals surface area contributed by atoms with Gasteiger partial charge in [-0.1, -0.05) is 24.0 Å². The van der Waals surface area contributed by atoms with Gasteiger partial charge in [0.25, 0.3) is 0 Å². The van der Waals surface area contributed by atoms with Crippen LogP contribution in [0.4, 0.5) is 0 Å². The Balaban J connectivity index is 2.11. The minimum absolute atomic E-state index is 0.186. The lowest BCUT2D eigenvalue weighted by molar-refractivity contribution is 0.157. The second-order valence-electron chi connectivity index (χ2n) is 4.24. The number of hydrogen-bond donors (Lipinski definition) is 1. The Bertz CT molecular complexity index is 397. The largest absolute Gasteiger partial charge is 0.392 e. The molecule has 0 amide bonds. The van der Waals surface area contributed by atoms with Gasteiger partial charge in [-0.15, -0.1) is 0 Å². The van der Waals surface area contributed by atoms with Crippen molar-refractivity contribution in [1.29, 1.82) is 0 Å². The third kappa shape index (κ3) is 2.61. The van der Waals surface area contributed by atoms with E-state index in [0.717, 1.165) is 24.8 Å². The van der Waals surface area contributed by atoms with Crippen molar-refractivity contribution in [3.63, 3.8) is 0 Å². The summed E-state index contributed by atoms with van der Waals surface area (Å²) < 4.78 is 0. The van der Waals surface area contributed by atoms with E-state index in [9.17, 15) is 5.11 Å². The lowest BCUT2D eigenvalue weighted by Crippen LogP contribution is -2.10. The molecular weight excluding hydrogens is 184 g/mol. The van der Waals surface area contributed by atoms with Crippen LogP contribution >= 0.6 is 0 Å². The third-order valence-electron chi connectivity index (χ3n) is 2.90. The first-order chi connectivity index (χ1) is 7.25. The Morgan fingerprint density at radius 1 is 1.33 bits per heavy atom. The SMILES string of the molecule is Cc1cccc(C#C[C@@H]2CCC[C@H]2O)c1. The van der Waals surface area contributed by atoms with E-state index in [4.69, 9.17) is 0 Å². The molecule has 2 atom stereocenters. The molecule has 1 heteroatoms. The zero-order valence-electron chi connectivity index (χ0n) is 9.03. The average molecular weight is 200 g/mol. The predicted molar refractivity (Wildman–Crippen MR) is 61.4 cm³/mol. The van der Waals surface area contributed by atoms with Crippen LogP contribution in [0.25, 0.3) is 0 Å². The van der Waals surface area contributed by atoms with Gasteiger partial charge in [0.05, 0.1) is 6.10 Å². The number of aliphatic hydroxyl groups is 1. The van der Waals surface area contributed by atoms with Gasteiger partial charge in [0.15, 0.2) is 0 Å². The van der Waals surface area contributed by atoms with Crippen molar-refractivity contribution in [2.45, 2.75) is 32.3 Å². The highest BCUT2D eigenvalue weighted by atomic mass is 16.3. The molecule has 1 saturated carbocycles. The Labute approximate surface area is 91.1 Å². The van der Waals surface area contributed by atoms with Crippen LogP contribution in [0, 0.1) is 24.7 Å². The summed E-state index contributed by atoms with van der Waals surface area (Å²) in [6, 6.07) is 8.18. The summed E-state index contributed by atoms with van der Waals surface area (Å²) >= 11 is 0. The van der Waals surface area contributed by atoms with Gasteiger partial charge in [0.2, 0.25) is 0 Å². The average Bonchev–Trinajstić information content (AvgIpc) is 2.61. The van der Waals surface area contributed by atoms with Crippen molar-refractivity contribution in [2.75, 3.05) is 0 Å². The molecule has 0 heterocycles. The molecule has 1 aliphatic carbocycles. The van der Waals surface area contributed by atoms with E-state index in [1.54, 1.807) is 0 Å². The van der Waals surface area contributed by atoms with Crippen molar-refractivity contribution < 1.29 is 5.11 Å². The van der Waals surface area contributed by atoms with Crippen LogP contribution in [0.3, 0.4) is 0 Å². The molecule has 0 spiro atoms. The summed E-state index contributed by atoms with van der Waals surface area (Å²) in [5, 5.41) is 9.62. The Morgan fingerprint density at radius 2 is 2.20 bits per heavy atom. The molecule has 1 aliphatic rings. The van der Waals surface area contributed by atoms with Gasteiger partial charge in [0.1, 0.15) is 0 Å². The summed E-state index contributed by atoms with van der Waals surface area (Å²) in [5.74, 6) is 6.51. The molecule has 0 radical (unpaired) electrons. The highest BCUT2D eigenvalue weighted by molar-refractivity contribution is 5.37. The van der Waals surface area contributed by atoms with Crippen LogP contribution < -0.4 is 0 Å². The first kappa shape index (κ1) is 10.3. The smallest absolute Gasteiger partial charge is 0.0677 e. The molecule has 0 aliphatic heterocycles. The fourth-order valence-corrected chi connectivity index (χ4v) is 2.01. The highest BCUT2D eigenvalue weighted by Gasteiger charge is 2.22. The van der Waals surface area contributed by atoms with Gasteiger partial charge in [0, 0.05) is 11.5 Å². The van der Waals surface area contributed by atoms with Crippen molar-refractivity contribution >= 4 is 0 Å². The normalized spacial score (nSPS) is 24.7. The Morgan fingerprint density at radius 3 is 2.87 bits per heavy atom. The minimum Gasteiger partial charge on any atom is -0.392 e. The molecule has 0 saturated heterocycles. The van der Waals surface area contributed by atoms with E-state index in [-0.39, 0.29) is 12.0 Å². The number of hydrogen-bond acceptors (Lipinski definition) is 1. The Kier molecular flexibility index (Phi) is 3.08. The second kappa shape index (κ2) is 4.51. The van der Waals surface area contributed by atoms with Crippen molar-refractivity contribution in [3.05, 3.63) is 35.4 Å². The van der Waals surface area contributed by atoms with Crippen LogP contribution in [0.1, 0.15) is 30.4 Å². The van der Waals surface area contributed by atoms with Gasteiger partial charge >= 0.3 is 0 Å². The van der Waals surface area contributed by atoms with Crippen molar-refractivity contribution in [3.8, 4) is 11.8 Å². The van der Waals surface area contributed by atoms with E-state index >= 15 is 0 Å². The maximum Gasteiger partial charge on any atom is 0.0677 e. The van der Waals surface area contributed by atoms with Crippen LogP contribution in [0.15, 0.2) is 24.3 Å². The molecule has 15 heavy (non-hydrogen) atoms. The van der Waals surface area contributed by atoms with Gasteiger partial charge in [-0.3, -0.25) is 0 Å². The van der Waals surface area contributed by atoms with Crippen LogP contribution in [-0.2, 0) is 0 Å². The second-order valence-corrected chi connectivity index (χ2v) is 4.24. The molecule has 1 aromatic rings. The predicted octanol–water partition coefficient (Wildman–Crippen LogP) is 2.51. The Hall–Kier alpha value is -1.26. The van der Waals surface area contributed by atoms with Crippen molar-refractivity contribution in [2.24, 2.45) is 5.92 Å². The summed E-state index contributed by atoms with van der Waals surface area (Å²) in [6.45, 7) is 2.07. The summed E-state index contributed by atoms with van der Waals surface area (Å²) in [5.41, 5.74) is 2.28. The standard InChI is InChI=1S/C14H16O/c1-11-4-2-5-12(10-11)8-9-13-6-3-7-14(13)15/h2,4-5,10,13-15H,3,6-7H2,1H3/t13-,14+/m0/s1. The fourth-order valence-electron chi connectivity index (χ4n) is 2.01. The molecule has 1 N–H and O–H groups in total. The first-order valence-electron chi connectivity index (χ1n) is 5.52. The first-order valence-corrected chi connectivity index (χ1v) is 5.52. The lowest BCUT2D eigenvalue weighted by Gasteiger charge is -2.05. The number of benzene rings is 1. The monoisotopic (exact) mass is 200 g/mol. The molecule has 2 rings (SSSR count). The highest BCUT2D eigenvalue weighted by Crippen LogP contribution is 2.24. The van der Waals surface area contributed by atoms with Crippen LogP contribution in [0.5, 0.6) is 0 Å². The molecule has 1 fully saturated rings. The van der Waals surface area contributed by atoms with Gasteiger partial charge in [-0.05, 0) is 43.9 Å². The summed E-state index contributed by atoms with van der Waals surface area (Å²) in [7, 11) is 0. The number of rotatable bonds is 0. The molecule has 0 aromatic heterocycles. The quantitative estimate of drug-likeness (QED) is 0.638. The van der Waals surface area contributed by atoms with Gasteiger partial charge in [-0.25, -0.2) is 0 Å². The van der Waals surface area contributed by atoms with E-state index in [1.807, 2.05) is 12.1 Å². The zero-order valence-corrected chi connectivity index (χ0v) is 9.03. The van der Waals surface area contributed by atoms with E-state index in [1.165, 1.54) is 5.56 Å². The fraction of sp³-hybridized carbons (Fsp3) is 0.429. The van der Waals surface area contributed by atoms with E-state index in [0.29, 0.717) is 0 Å². The van der Waals surface area contributed by atoms with Crippen LogP contribution in [0.2, 0.25) is 0 Å². The van der Waals surface area contributed by atoms with Crippen LogP contribution in [-0.4, -0.2) is 11.2 Å². The van der Waals surface area contributed by atoms with E-state index < -0.39 is 0 Å². The molecule has 78 valence electrons. The lowest BCUT2D eigenvalue weighted by atomic mass is 10.1. The van der Waals surface area contributed by atoms with Crippen molar-refractivity contribution in [1.82, 2.24) is 0 Å². The number of aryl methyl sites for hydroxylation is 1.